The standard InChI is InChI=1S/C16H18ClNO2S/c1-4-13-6-5-7-14(10-13)18-21(19,20)16-9-11(2)15(17)8-12(16)3/h5-10,18H,4H2,1-3H3. The van der Waals surface area contributed by atoms with Crippen LogP contribution in [-0.4, -0.2) is 8.42 Å². The highest BCUT2D eigenvalue weighted by molar-refractivity contribution is 7.92. The maximum absolute atomic E-state index is 12.5. The molecule has 0 saturated heterocycles. The predicted molar refractivity (Wildman–Crippen MR) is 87.6 cm³/mol. The fourth-order valence-corrected chi connectivity index (χ4v) is 3.69. The smallest absolute Gasteiger partial charge is 0.262 e. The van der Waals surface area contributed by atoms with Crippen molar-refractivity contribution in [1.82, 2.24) is 0 Å². The van der Waals surface area contributed by atoms with E-state index in [9.17, 15) is 8.42 Å². The van der Waals surface area contributed by atoms with E-state index in [-0.39, 0.29) is 4.90 Å². The Bertz CT molecular complexity index is 770. The van der Waals surface area contributed by atoms with Gasteiger partial charge in [-0.2, -0.15) is 0 Å². The summed E-state index contributed by atoms with van der Waals surface area (Å²) in [6.07, 6.45) is 0.856. The first-order valence-electron chi connectivity index (χ1n) is 6.72. The average Bonchev–Trinajstić information content (AvgIpc) is 2.42. The molecule has 0 heterocycles. The molecule has 21 heavy (non-hydrogen) atoms. The highest BCUT2D eigenvalue weighted by atomic mass is 35.5. The number of benzene rings is 2. The summed E-state index contributed by atoms with van der Waals surface area (Å²) in [5, 5.41) is 0.569. The predicted octanol–water partition coefficient (Wildman–Crippen LogP) is 4.32. The van der Waals surface area contributed by atoms with E-state index in [1.165, 1.54) is 0 Å². The van der Waals surface area contributed by atoms with Gasteiger partial charge < -0.3 is 0 Å². The van der Waals surface area contributed by atoms with Gasteiger partial charge in [0.1, 0.15) is 0 Å². The fraction of sp³-hybridized carbons (Fsp3) is 0.250. The Morgan fingerprint density at radius 1 is 1.10 bits per heavy atom. The van der Waals surface area contributed by atoms with Gasteiger partial charge in [0.15, 0.2) is 0 Å². The molecule has 0 saturated carbocycles. The Labute approximate surface area is 131 Å². The van der Waals surface area contributed by atoms with E-state index in [0.717, 1.165) is 17.5 Å². The van der Waals surface area contributed by atoms with Gasteiger partial charge in [0.25, 0.3) is 10.0 Å². The molecule has 2 aromatic carbocycles. The summed E-state index contributed by atoms with van der Waals surface area (Å²) < 4.78 is 27.7. The van der Waals surface area contributed by atoms with E-state index in [0.29, 0.717) is 16.3 Å². The molecule has 0 aliphatic carbocycles. The first kappa shape index (κ1) is 15.9. The number of rotatable bonds is 4. The molecule has 0 aliphatic rings. The van der Waals surface area contributed by atoms with Crippen molar-refractivity contribution in [1.29, 1.82) is 0 Å². The minimum absolute atomic E-state index is 0.256. The quantitative estimate of drug-likeness (QED) is 0.910. The van der Waals surface area contributed by atoms with Crippen molar-refractivity contribution in [2.24, 2.45) is 0 Å². The van der Waals surface area contributed by atoms with Crippen LogP contribution < -0.4 is 4.72 Å². The molecule has 0 bridgehead atoms. The lowest BCUT2D eigenvalue weighted by molar-refractivity contribution is 0.600. The van der Waals surface area contributed by atoms with Crippen LogP contribution in [0, 0.1) is 13.8 Å². The van der Waals surface area contributed by atoms with Crippen LogP contribution in [0.25, 0.3) is 0 Å². The summed E-state index contributed by atoms with van der Waals surface area (Å²) in [5.74, 6) is 0. The summed E-state index contributed by atoms with van der Waals surface area (Å²) >= 11 is 6.02. The summed E-state index contributed by atoms with van der Waals surface area (Å²) in [7, 11) is -3.62. The number of hydrogen-bond acceptors (Lipinski definition) is 2. The Kier molecular flexibility index (Phi) is 4.59. The second kappa shape index (κ2) is 6.08. The Morgan fingerprint density at radius 2 is 1.81 bits per heavy atom. The van der Waals surface area contributed by atoms with Crippen molar-refractivity contribution in [2.75, 3.05) is 4.72 Å². The summed E-state index contributed by atoms with van der Waals surface area (Å²) in [5.41, 5.74) is 3.02. The minimum atomic E-state index is -3.62. The normalized spacial score (nSPS) is 11.4. The zero-order valence-electron chi connectivity index (χ0n) is 12.3. The maximum atomic E-state index is 12.5. The van der Waals surface area contributed by atoms with Gasteiger partial charge in [0.2, 0.25) is 0 Å². The maximum Gasteiger partial charge on any atom is 0.262 e. The van der Waals surface area contributed by atoms with Crippen LogP contribution in [0.15, 0.2) is 41.3 Å². The van der Waals surface area contributed by atoms with Gasteiger partial charge in [-0.1, -0.05) is 30.7 Å². The van der Waals surface area contributed by atoms with E-state index >= 15 is 0 Å². The molecular formula is C16H18ClNO2S. The van der Waals surface area contributed by atoms with Gasteiger partial charge in [0.05, 0.1) is 4.90 Å². The highest BCUT2D eigenvalue weighted by Crippen LogP contribution is 2.25. The Morgan fingerprint density at radius 3 is 2.48 bits per heavy atom. The summed E-state index contributed by atoms with van der Waals surface area (Å²) in [6.45, 7) is 5.56. The molecule has 1 N–H and O–H groups in total. The molecule has 0 atom stereocenters. The van der Waals surface area contributed by atoms with E-state index in [2.05, 4.69) is 4.72 Å². The third-order valence-corrected chi connectivity index (χ3v) is 5.26. The van der Waals surface area contributed by atoms with Gasteiger partial charge in [-0.3, -0.25) is 4.72 Å². The molecule has 0 amide bonds. The fourth-order valence-electron chi connectivity index (χ4n) is 2.11. The number of aryl methyl sites for hydroxylation is 3. The molecule has 5 heteroatoms. The third-order valence-electron chi connectivity index (χ3n) is 3.33. The molecule has 112 valence electrons. The molecule has 0 spiro atoms. The summed E-state index contributed by atoms with van der Waals surface area (Å²) in [4.78, 5) is 0.256. The number of anilines is 1. The number of sulfonamides is 1. The molecule has 0 aromatic heterocycles. The van der Waals surface area contributed by atoms with Crippen molar-refractivity contribution < 1.29 is 8.42 Å². The molecule has 0 unspecified atom stereocenters. The van der Waals surface area contributed by atoms with Crippen molar-refractivity contribution in [3.05, 3.63) is 58.1 Å². The first-order chi connectivity index (χ1) is 9.83. The van der Waals surface area contributed by atoms with Gasteiger partial charge >= 0.3 is 0 Å². The second-order valence-electron chi connectivity index (χ2n) is 5.03. The topological polar surface area (TPSA) is 46.2 Å². The lowest BCUT2D eigenvalue weighted by atomic mass is 10.1. The SMILES string of the molecule is CCc1cccc(NS(=O)(=O)c2cc(C)c(Cl)cc2C)c1. The zero-order valence-corrected chi connectivity index (χ0v) is 13.8. The second-order valence-corrected chi connectivity index (χ2v) is 7.08. The number of halogens is 1. The molecule has 0 fully saturated rings. The van der Waals surface area contributed by atoms with Crippen LogP contribution in [0.3, 0.4) is 0 Å². The van der Waals surface area contributed by atoms with Crippen LogP contribution >= 0.6 is 11.6 Å². The lowest BCUT2D eigenvalue weighted by Gasteiger charge is -2.12. The van der Waals surface area contributed by atoms with Crippen LogP contribution in [0.2, 0.25) is 5.02 Å². The first-order valence-corrected chi connectivity index (χ1v) is 8.58. The van der Waals surface area contributed by atoms with Crippen molar-refractivity contribution >= 4 is 27.3 Å². The number of nitrogens with one attached hydrogen (secondary N) is 1. The molecule has 2 aromatic rings. The number of hydrogen-bond donors (Lipinski definition) is 1. The Hall–Kier alpha value is -1.52. The van der Waals surface area contributed by atoms with Gasteiger partial charge in [-0.15, -0.1) is 0 Å². The van der Waals surface area contributed by atoms with Crippen LogP contribution in [-0.2, 0) is 16.4 Å². The van der Waals surface area contributed by atoms with Crippen LogP contribution in [0.1, 0.15) is 23.6 Å². The molecule has 0 aliphatic heterocycles. The van der Waals surface area contributed by atoms with E-state index in [4.69, 9.17) is 11.6 Å². The summed E-state index contributed by atoms with van der Waals surface area (Å²) in [6, 6.07) is 10.7. The minimum Gasteiger partial charge on any atom is -0.280 e. The van der Waals surface area contributed by atoms with Crippen molar-refractivity contribution in [3.8, 4) is 0 Å². The largest absolute Gasteiger partial charge is 0.280 e. The van der Waals surface area contributed by atoms with E-state index in [1.807, 2.05) is 25.1 Å². The van der Waals surface area contributed by atoms with Crippen LogP contribution in [0.4, 0.5) is 5.69 Å². The molecular weight excluding hydrogens is 306 g/mol. The van der Waals surface area contributed by atoms with Crippen molar-refractivity contribution in [3.63, 3.8) is 0 Å². The zero-order chi connectivity index (χ0) is 15.6. The Balaban J connectivity index is 2.40. The van der Waals surface area contributed by atoms with E-state index < -0.39 is 10.0 Å². The lowest BCUT2D eigenvalue weighted by Crippen LogP contribution is -2.14. The van der Waals surface area contributed by atoms with Gasteiger partial charge in [-0.25, -0.2) is 8.42 Å². The van der Waals surface area contributed by atoms with Crippen molar-refractivity contribution in [2.45, 2.75) is 32.1 Å². The highest BCUT2D eigenvalue weighted by Gasteiger charge is 2.18. The molecule has 3 nitrogen and oxygen atoms in total. The average molecular weight is 324 g/mol. The van der Waals surface area contributed by atoms with Gasteiger partial charge in [0, 0.05) is 10.7 Å². The molecule has 2 rings (SSSR count). The monoisotopic (exact) mass is 323 g/mol. The third kappa shape index (κ3) is 3.57. The van der Waals surface area contributed by atoms with E-state index in [1.54, 1.807) is 32.0 Å². The van der Waals surface area contributed by atoms with Crippen LogP contribution in [0.5, 0.6) is 0 Å². The molecule has 0 radical (unpaired) electrons. The van der Waals surface area contributed by atoms with Gasteiger partial charge in [-0.05, 0) is 61.2 Å².